The zero-order chi connectivity index (χ0) is 11.5. The number of carbonyl (C=O) groups excluding carboxylic acids is 2. The Kier molecular flexibility index (Phi) is 5.92. The second kappa shape index (κ2) is 6.18. The van der Waals surface area contributed by atoms with Crippen LogP contribution in [0.2, 0.25) is 0 Å². The van der Waals surface area contributed by atoms with Crippen molar-refractivity contribution in [1.82, 2.24) is 5.32 Å². The van der Waals surface area contributed by atoms with Gasteiger partial charge in [0, 0.05) is 0 Å². The van der Waals surface area contributed by atoms with Crippen molar-refractivity contribution in [2.24, 2.45) is 10.4 Å². The van der Waals surface area contributed by atoms with E-state index in [2.05, 4.69) is 16.9 Å². The van der Waals surface area contributed by atoms with Crippen LogP contribution in [0.1, 0.15) is 26.2 Å². The number of hydrogen-bond donors (Lipinski definition) is 1. The SMILES string of the molecule is C=CCC1(CCC)C(=O)NC(=O)N=C1[O-].[Na+]. The molecule has 1 rings (SSSR count). The zero-order valence-electron chi connectivity index (χ0n) is 9.58. The van der Waals surface area contributed by atoms with Gasteiger partial charge in [-0.05, 0) is 18.7 Å². The summed E-state index contributed by atoms with van der Waals surface area (Å²) in [5.74, 6) is -1.22. The first kappa shape index (κ1) is 15.3. The molecule has 0 fully saturated rings. The van der Waals surface area contributed by atoms with Crippen LogP contribution in [0.3, 0.4) is 0 Å². The average Bonchev–Trinajstić information content (AvgIpc) is 2.14. The van der Waals surface area contributed by atoms with Crippen molar-refractivity contribution in [2.75, 3.05) is 0 Å². The molecular weight excluding hydrogens is 219 g/mol. The Labute approximate surface area is 116 Å². The molecule has 82 valence electrons. The van der Waals surface area contributed by atoms with Gasteiger partial charge in [-0.2, -0.15) is 0 Å². The standard InChI is InChI=1S/C10H14N2O3.Na/c1-3-5-10(6-4-2)7(13)11-9(15)12-8(10)14;/h3H,1,4-6H2,2H3,(H2,11,12,13,14,15);/q;+1/p-1. The third-order valence-electron chi connectivity index (χ3n) is 2.44. The molecule has 1 unspecified atom stereocenters. The molecule has 1 heterocycles. The molecule has 0 aromatic rings. The van der Waals surface area contributed by atoms with Crippen LogP contribution in [0, 0.1) is 5.41 Å². The molecule has 0 aromatic carbocycles. The Morgan fingerprint density at radius 2 is 2.19 bits per heavy atom. The molecule has 0 radical (unpaired) electrons. The summed E-state index contributed by atoms with van der Waals surface area (Å²) in [5, 5.41) is 13.7. The molecule has 0 saturated carbocycles. The molecule has 0 aromatic heterocycles. The van der Waals surface area contributed by atoms with Gasteiger partial charge in [0.25, 0.3) is 0 Å². The third-order valence-corrected chi connectivity index (χ3v) is 2.44. The molecule has 3 amide bonds. The van der Waals surface area contributed by atoms with Crippen LogP contribution >= 0.6 is 0 Å². The van der Waals surface area contributed by atoms with Crippen LogP contribution in [0.4, 0.5) is 4.79 Å². The van der Waals surface area contributed by atoms with Crippen molar-refractivity contribution in [3.63, 3.8) is 0 Å². The first-order valence-corrected chi connectivity index (χ1v) is 4.79. The van der Waals surface area contributed by atoms with Crippen LogP contribution in [-0.4, -0.2) is 17.8 Å². The van der Waals surface area contributed by atoms with Gasteiger partial charge in [0.2, 0.25) is 5.91 Å². The van der Waals surface area contributed by atoms with Gasteiger partial charge in [-0.25, -0.2) is 9.79 Å². The molecule has 1 atom stereocenters. The van der Waals surface area contributed by atoms with Gasteiger partial charge in [0.05, 0.1) is 5.41 Å². The number of imide groups is 1. The number of amides is 3. The molecule has 1 aliphatic heterocycles. The quantitative estimate of drug-likeness (QED) is 0.425. The summed E-state index contributed by atoms with van der Waals surface area (Å²) in [5.41, 5.74) is -1.22. The smallest absolute Gasteiger partial charge is 0.861 e. The summed E-state index contributed by atoms with van der Waals surface area (Å²) in [7, 11) is 0. The van der Waals surface area contributed by atoms with Crippen LogP contribution in [-0.2, 0) is 4.79 Å². The summed E-state index contributed by atoms with van der Waals surface area (Å²) in [6.45, 7) is 5.37. The number of allylic oxidation sites excluding steroid dienone is 1. The van der Waals surface area contributed by atoms with Crippen LogP contribution in [0.25, 0.3) is 0 Å². The number of urea groups is 1. The van der Waals surface area contributed by atoms with E-state index in [1.807, 2.05) is 6.92 Å². The number of carbonyl (C=O) groups is 2. The normalized spacial score (nSPS) is 24.2. The van der Waals surface area contributed by atoms with Crippen LogP contribution in [0.15, 0.2) is 17.6 Å². The summed E-state index contributed by atoms with van der Waals surface area (Å²) >= 11 is 0. The van der Waals surface area contributed by atoms with E-state index in [-0.39, 0.29) is 36.0 Å². The predicted molar refractivity (Wildman–Crippen MR) is 53.1 cm³/mol. The van der Waals surface area contributed by atoms with E-state index in [0.717, 1.165) is 0 Å². The molecule has 1 N–H and O–H groups in total. The molecule has 16 heavy (non-hydrogen) atoms. The summed E-state index contributed by atoms with van der Waals surface area (Å²) < 4.78 is 0. The zero-order valence-corrected chi connectivity index (χ0v) is 11.6. The molecule has 0 aliphatic carbocycles. The number of nitrogens with zero attached hydrogens (tertiary/aromatic N) is 1. The van der Waals surface area contributed by atoms with Crippen molar-refractivity contribution in [2.45, 2.75) is 26.2 Å². The predicted octanol–water partition coefficient (Wildman–Crippen LogP) is -2.64. The second-order valence-corrected chi connectivity index (χ2v) is 3.50. The fourth-order valence-electron chi connectivity index (χ4n) is 1.72. The summed E-state index contributed by atoms with van der Waals surface area (Å²) in [4.78, 5) is 25.8. The molecule has 0 bridgehead atoms. The van der Waals surface area contributed by atoms with Crippen LogP contribution < -0.4 is 40.0 Å². The molecule has 6 heteroatoms. The van der Waals surface area contributed by atoms with Gasteiger partial charge < -0.3 is 5.11 Å². The maximum atomic E-state index is 11.7. The first-order valence-electron chi connectivity index (χ1n) is 4.79. The maximum absolute atomic E-state index is 11.7. The van der Waals surface area contributed by atoms with Gasteiger partial charge in [0.1, 0.15) is 0 Å². The fraction of sp³-hybridized carbons (Fsp3) is 0.500. The van der Waals surface area contributed by atoms with Crippen molar-refractivity contribution in [3.8, 4) is 0 Å². The van der Waals surface area contributed by atoms with E-state index >= 15 is 0 Å². The van der Waals surface area contributed by atoms with Gasteiger partial charge in [-0.3, -0.25) is 10.1 Å². The Morgan fingerprint density at radius 3 is 2.62 bits per heavy atom. The van der Waals surface area contributed by atoms with Crippen LogP contribution in [0.5, 0.6) is 0 Å². The van der Waals surface area contributed by atoms with E-state index in [1.54, 1.807) is 0 Å². The number of rotatable bonds is 4. The Bertz CT molecular complexity index is 341. The number of nitrogens with one attached hydrogen (secondary N) is 1. The van der Waals surface area contributed by atoms with E-state index in [1.165, 1.54) is 6.08 Å². The number of hydrogen-bond acceptors (Lipinski definition) is 3. The van der Waals surface area contributed by atoms with E-state index in [0.29, 0.717) is 12.8 Å². The fourth-order valence-corrected chi connectivity index (χ4v) is 1.72. The summed E-state index contributed by atoms with van der Waals surface area (Å²) in [6, 6.07) is -0.874. The minimum Gasteiger partial charge on any atom is -0.861 e. The van der Waals surface area contributed by atoms with E-state index in [4.69, 9.17) is 0 Å². The number of aliphatic imine (C=N–C) groups is 1. The van der Waals surface area contributed by atoms with Gasteiger partial charge in [-0.15, -0.1) is 6.58 Å². The van der Waals surface area contributed by atoms with Crippen molar-refractivity contribution in [3.05, 3.63) is 12.7 Å². The Hall–Kier alpha value is -0.650. The topological polar surface area (TPSA) is 81.6 Å². The molecule has 0 spiro atoms. The van der Waals surface area contributed by atoms with E-state index in [9.17, 15) is 14.7 Å². The maximum Gasteiger partial charge on any atom is 1.00 e. The van der Waals surface area contributed by atoms with Crippen molar-refractivity contribution in [1.29, 1.82) is 0 Å². The summed E-state index contributed by atoms with van der Waals surface area (Å²) in [6.07, 6.45) is 2.75. The van der Waals surface area contributed by atoms with Crippen molar-refractivity contribution < 1.29 is 44.3 Å². The molecular formula is C10H13N2NaO3. The minimum absolute atomic E-state index is 0. The second-order valence-electron chi connectivity index (χ2n) is 3.50. The van der Waals surface area contributed by atoms with Gasteiger partial charge >= 0.3 is 35.6 Å². The first-order chi connectivity index (χ1) is 7.06. The molecule has 0 saturated heterocycles. The van der Waals surface area contributed by atoms with E-state index < -0.39 is 23.3 Å². The average molecular weight is 232 g/mol. The molecule has 5 nitrogen and oxygen atoms in total. The van der Waals surface area contributed by atoms with Crippen molar-refractivity contribution >= 4 is 17.8 Å². The minimum atomic E-state index is -1.22. The van der Waals surface area contributed by atoms with Gasteiger partial charge in [-0.1, -0.05) is 19.4 Å². The monoisotopic (exact) mass is 232 g/mol. The largest absolute Gasteiger partial charge is 1.00 e. The molecule has 1 aliphatic rings. The van der Waals surface area contributed by atoms with Gasteiger partial charge in [0.15, 0.2) is 0 Å². The Morgan fingerprint density at radius 1 is 1.56 bits per heavy atom. The Balaban J connectivity index is 0.00000225. The third kappa shape index (κ3) is 2.72.